The predicted octanol–water partition coefficient (Wildman–Crippen LogP) is 5.31. The molecule has 2 heterocycles. The van der Waals surface area contributed by atoms with E-state index in [2.05, 4.69) is 15.3 Å². The molecule has 1 aliphatic rings. The third-order valence-corrected chi connectivity index (χ3v) is 6.49. The van der Waals surface area contributed by atoms with Crippen molar-refractivity contribution in [3.63, 3.8) is 0 Å². The van der Waals surface area contributed by atoms with Crippen LogP contribution in [-0.2, 0) is 9.53 Å². The fraction of sp³-hybridized carbons (Fsp3) is 0.231. The van der Waals surface area contributed by atoms with Crippen molar-refractivity contribution in [3.8, 4) is 0 Å². The number of nitrogens with zero attached hydrogens (tertiary/aromatic N) is 4. The smallest absolute Gasteiger partial charge is 0.279 e. The molecule has 37 heavy (non-hydrogen) atoms. The van der Waals surface area contributed by atoms with Crippen LogP contribution in [-0.4, -0.2) is 41.7 Å². The Labute approximate surface area is 223 Å². The second-order valence-corrected chi connectivity index (χ2v) is 9.25. The van der Waals surface area contributed by atoms with Gasteiger partial charge in [0.25, 0.3) is 5.91 Å². The Hall–Kier alpha value is -3.69. The maximum atomic E-state index is 15.2. The summed E-state index contributed by atoms with van der Waals surface area (Å²) in [6.07, 6.45) is 1.85. The van der Waals surface area contributed by atoms with Gasteiger partial charge in [0.1, 0.15) is 11.8 Å². The second kappa shape index (κ2) is 10.7. The number of ether oxygens (including phenoxy) is 1. The molecule has 2 aromatic carbocycles. The highest BCUT2D eigenvalue weighted by molar-refractivity contribution is 6.31. The predicted molar refractivity (Wildman–Crippen MR) is 141 cm³/mol. The first-order chi connectivity index (χ1) is 17.7. The summed E-state index contributed by atoms with van der Waals surface area (Å²) in [5.41, 5.74) is 1.75. The first-order valence-corrected chi connectivity index (χ1v) is 12.1. The lowest BCUT2D eigenvalue weighted by Gasteiger charge is -2.29. The summed E-state index contributed by atoms with van der Waals surface area (Å²) in [6.45, 7) is 3.87. The third kappa shape index (κ3) is 4.60. The van der Waals surface area contributed by atoms with E-state index in [0.29, 0.717) is 34.2 Å². The number of anilines is 1. The Morgan fingerprint density at radius 3 is 2.51 bits per heavy atom. The minimum atomic E-state index is -0.738. The molecule has 0 spiro atoms. The minimum Gasteiger partial charge on any atom is -0.493 e. The molecule has 3 aromatic rings. The molecule has 0 bridgehead atoms. The van der Waals surface area contributed by atoms with Crippen LogP contribution in [0.4, 0.5) is 10.1 Å². The minimum absolute atomic E-state index is 0.0318. The van der Waals surface area contributed by atoms with Crippen molar-refractivity contribution < 1.29 is 18.7 Å². The van der Waals surface area contributed by atoms with Crippen LogP contribution in [0.1, 0.15) is 53.5 Å². The normalized spacial score (nSPS) is 15.8. The first kappa shape index (κ1) is 26.4. The summed E-state index contributed by atoms with van der Waals surface area (Å²) in [7, 11) is 2.99. The van der Waals surface area contributed by atoms with Gasteiger partial charge in [-0.25, -0.2) is 9.37 Å². The molecular formula is C26H24Cl2FN5O3. The highest BCUT2D eigenvalue weighted by Gasteiger charge is 2.46. The molecule has 1 aliphatic heterocycles. The lowest BCUT2D eigenvalue weighted by atomic mass is 10.0. The van der Waals surface area contributed by atoms with E-state index in [1.54, 1.807) is 37.4 Å². The number of aromatic nitrogens is 2. The largest absolute Gasteiger partial charge is 0.493 e. The molecule has 1 N–H and O–H groups in total. The summed E-state index contributed by atoms with van der Waals surface area (Å²) < 4.78 is 22.6. The Balaban J connectivity index is 2.01. The maximum Gasteiger partial charge on any atom is 0.279 e. The molecule has 11 heteroatoms. The van der Waals surface area contributed by atoms with Crippen LogP contribution in [0, 0.1) is 5.82 Å². The summed E-state index contributed by atoms with van der Waals surface area (Å²) in [6, 6.07) is 10.6. The molecule has 0 radical (unpaired) electrons. The summed E-state index contributed by atoms with van der Waals surface area (Å²) in [5.74, 6) is -0.602. The van der Waals surface area contributed by atoms with E-state index in [1.807, 2.05) is 18.4 Å². The molecule has 0 fully saturated rings. The lowest BCUT2D eigenvalue weighted by Crippen LogP contribution is -2.32. The van der Waals surface area contributed by atoms with E-state index in [0.717, 1.165) is 0 Å². The fourth-order valence-corrected chi connectivity index (χ4v) is 4.74. The molecule has 1 atom stereocenters. The lowest BCUT2D eigenvalue weighted by molar-refractivity contribution is -0.108. The van der Waals surface area contributed by atoms with Crippen molar-refractivity contribution in [1.29, 1.82) is 0 Å². The number of allylic oxidation sites excluding steroid dienone is 1. The molecule has 0 saturated heterocycles. The van der Waals surface area contributed by atoms with Crippen molar-refractivity contribution >= 4 is 46.9 Å². The van der Waals surface area contributed by atoms with E-state index < -0.39 is 17.8 Å². The number of methoxy groups -OCH3 is 1. The van der Waals surface area contributed by atoms with Gasteiger partial charge in [-0.15, -0.1) is 0 Å². The molecular weight excluding hydrogens is 520 g/mol. The molecule has 8 nitrogen and oxygen atoms in total. The number of fused-ring (bicyclic) bond motifs is 1. The first-order valence-electron chi connectivity index (χ1n) is 11.3. The van der Waals surface area contributed by atoms with Gasteiger partial charge in [0.2, 0.25) is 6.41 Å². The Morgan fingerprint density at radius 2 is 1.92 bits per heavy atom. The highest BCUT2D eigenvalue weighted by Crippen LogP contribution is 2.45. The van der Waals surface area contributed by atoms with Gasteiger partial charge in [0.15, 0.2) is 23.1 Å². The topological polar surface area (TPSA) is 88.8 Å². The van der Waals surface area contributed by atoms with Gasteiger partial charge in [0, 0.05) is 24.3 Å². The quantitative estimate of drug-likeness (QED) is 0.237. The number of imidazole rings is 1. The summed E-state index contributed by atoms with van der Waals surface area (Å²) in [4.78, 5) is 35.2. The fourth-order valence-electron chi connectivity index (χ4n) is 4.44. The van der Waals surface area contributed by atoms with Crippen molar-refractivity contribution in [3.05, 3.63) is 93.1 Å². The Kier molecular flexibility index (Phi) is 7.65. The number of aliphatic imine (C=N–C) groups is 1. The van der Waals surface area contributed by atoms with Crippen LogP contribution in [0.2, 0.25) is 10.0 Å². The number of halogens is 3. The van der Waals surface area contributed by atoms with Crippen LogP contribution in [0.25, 0.3) is 0 Å². The summed E-state index contributed by atoms with van der Waals surface area (Å²) in [5, 5.41) is 2.86. The number of nitrogens with one attached hydrogen (secondary N) is 1. The molecule has 0 aliphatic carbocycles. The third-order valence-electron chi connectivity index (χ3n) is 5.95. The van der Waals surface area contributed by atoms with Gasteiger partial charge in [0.05, 0.1) is 23.5 Å². The standard InChI is InChI=1S/C26H24Cl2FN5O3/c1-14(2)33-24-22(32-25(33)21(30-3)19(37-4)12-31-13-35)26(36)34(18-7-5-6-17(28)20(18)29)23(24)15-8-10-16(27)11-9-15/h5-14,23H,1-4H3,(H,31,35)/b19-12+,30-21+. The molecule has 1 unspecified atom stereocenters. The molecule has 0 saturated carbocycles. The number of benzene rings is 2. The van der Waals surface area contributed by atoms with E-state index in [-0.39, 0.29) is 28.2 Å². The average molecular weight is 544 g/mol. The molecule has 1 aromatic heterocycles. The van der Waals surface area contributed by atoms with Gasteiger partial charge < -0.3 is 14.6 Å². The number of hydrogen-bond acceptors (Lipinski definition) is 5. The van der Waals surface area contributed by atoms with Gasteiger partial charge in [-0.2, -0.15) is 0 Å². The van der Waals surface area contributed by atoms with Crippen molar-refractivity contribution in [2.45, 2.75) is 25.9 Å². The Bertz CT molecular complexity index is 1420. The highest BCUT2D eigenvalue weighted by atomic mass is 35.5. The van der Waals surface area contributed by atoms with E-state index in [4.69, 9.17) is 27.9 Å². The molecule has 192 valence electrons. The zero-order valence-corrected chi connectivity index (χ0v) is 22.0. The van der Waals surface area contributed by atoms with E-state index >= 15 is 4.39 Å². The van der Waals surface area contributed by atoms with E-state index in [9.17, 15) is 9.59 Å². The number of amides is 2. The van der Waals surface area contributed by atoms with Crippen LogP contribution >= 0.6 is 23.2 Å². The zero-order chi connectivity index (χ0) is 26.9. The number of carbonyl (C=O) groups excluding carboxylic acids is 2. The monoisotopic (exact) mass is 543 g/mol. The SMILES string of the molecule is C/N=C(\C(=C/NC=O)OC)c1nc2c(n1C(C)C)C(c1ccc(Cl)cc1)N(c1cccc(Cl)c1F)C2=O. The number of hydrogen-bond donors (Lipinski definition) is 1. The van der Waals surface area contributed by atoms with Crippen molar-refractivity contribution in [1.82, 2.24) is 14.9 Å². The van der Waals surface area contributed by atoms with Gasteiger partial charge in [-0.05, 0) is 43.7 Å². The molecule has 4 rings (SSSR count). The van der Waals surface area contributed by atoms with Gasteiger partial charge >= 0.3 is 0 Å². The van der Waals surface area contributed by atoms with Gasteiger partial charge in [-0.1, -0.05) is 41.4 Å². The second-order valence-electron chi connectivity index (χ2n) is 8.40. The van der Waals surface area contributed by atoms with Crippen LogP contribution in [0.15, 0.2) is 59.4 Å². The van der Waals surface area contributed by atoms with Crippen LogP contribution in [0.3, 0.4) is 0 Å². The number of rotatable bonds is 8. The maximum absolute atomic E-state index is 15.2. The Morgan fingerprint density at radius 1 is 1.22 bits per heavy atom. The van der Waals surface area contributed by atoms with Crippen molar-refractivity contribution in [2.24, 2.45) is 4.99 Å². The van der Waals surface area contributed by atoms with E-state index in [1.165, 1.54) is 30.3 Å². The van der Waals surface area contributed by atoms with Gasteiger partial charge in [-0.3, -0.25) is 19.5 Å². The van der Waals surface area contributed by atoms with Crippen LogP contribution < -0.4 is 10.2 Å². The average Bonchev–Trinajstić information content (AvgIpc) is 3.39. The summed E-state index contributed by atoms with van der Waals surface area (Å²) >= 11 is 12.2. The van der Waals surface area contributed by atoms with Crippen LogP contribution in [0.5, 0.6) is 0 Å². The van der Waals surface area contributed by atoms with Crippen molar-refractivity contribution in [2.75, 3.05) is 19.1 Å². The molecule has 2 amide bonds. The zero-order valence-electron chi connectivity index (χ0n) is 20.5. The number of carbonyl (C=O) groups is 2.